The number of pyridine rings is 1. The van der Waals surface area contributed by atoms with Gasteiger partial charge in [0.1, 0.15) is 12.2 Å². The third-order valence-corrected chi connectivity index (χ3v) is 3.54. The van der Waals surface area contributed by atoms with E-state index in [1.54, 1.807) is 12.1 Å². The Balaban J connectivity index is 1.82. The molecule has 2 aromatic rings. The highest BCUT2D eigenvalue weighted by atomic mass is 32.2. The van der Waals surface area contributed by atoms with Gasteiger partial charge in [0.05, 0.1) is 12.0 Å². The molecule has 126 valence electrons. The van der Waals surface area contributed by atoms with Gasteiger partial charge < -0.3 is 4.18 Å². The Bertz CT molecular complexity index is 833. The molecule has 2 rings (SSSR count). The van der Waals surface area contributed by atoms with E-state index in [2.05, 4.69) is 25.7 Å². The fourth-order valence-electron chi connectivity index (χ4n) is 1.35. The van der Waals surface area contributed by atoms with Crippen molar-refractivity contribution in [2.24, 2.45) is 10.2 Å². The van der Waals surface area contributed by atoms with E-state index in [0.29, 0.717) is 23.7 Å². The smallest absolute Gasteiger partial charge is 0.342 e. The number of nitrogens with one attached hydrogen (secondary N) is 3. The van der Waals surface area contributed by atoms with Gasteiger partial charge in [-0.1, -0.05) is 11.8 Å². The average molecular weight is 369 g/mol. The number of aromatic amines is 2. The van der Waals surface area contributed by atoms with Gasteiger partial charge in [-0.25, -0.2) is 25.4 Å². The first-order chi connectivity index (χ1) is 11.6. The van der Waals surface area contributed by atoms with E-state index in [1.807, 2.05) is 4.98 Å². The molecule has 2 heterocycles. The fraction of sp³-hybridized carbons (Fsp3) is 0.0909. The minimum Gasteiger partial charge on any atom is -0.390 e. The first-order valence-electron chi connectivity index (χ1n) is 6.21. The van der Waals surface area contributed by atoms with Gasteiger partial charge in [-0.05, 0) is 6.07 Å². The molecule has 1 amide bonds. The Morgan fingerprint density at radius 1 is 1.46 bits per heavy atom. The van der Waals surface area contributed by atoms with Crippen molar-refractivity contribution in [1.29, 1.82) is 0 Å². The van der Waals surface area contributed by atoms with Gasteiger partial charge in [0.2, 0.25) is 11.8 Å². The molecular formula is C11H11N7O4S2. The molecule has 2 aromatic heterocycles. The van der Waals surface area contributed by atoms with Gasteiger partial charge in [0, 0.05) is 17.8 Å². The largest absolute Gasteiger partial charge is 0.390 e. The number of hydrazone groups is 1. The van der Waals surface area contributed by atoms with Gasteiger partial charge in [-0.2, -0.15) is 10.2 Å². The van der Waals surface area contributed by atoms with Gasteiger partial charge in [0.25, 0.3) is 5.56 Å². The summed E-state index contributed by atoms with van der Waals surface area (Å²) in [6.45, 7) is 0. The molecule has 13 heteroatoms. The monoisotopic (exact) mass is 369 g/mol. The lowest BCUT2D eigenvalue weighted by atomic mass is 10.3. The summed E-state index contributed by atoms with van der Waals surface area (Å²) < 4.78 is 4.90. The van der Waals surface area contributed by atoms with Crippen molar-refractivity contribution in [2.45, 2.75) is 5.03 Å². The van der Waals surface area contributed by atoms with Crippen LogP contribution >= 0.6 is 24.0 Å². The third-order valence-electron chi connectivity index (χ3n) is 2.32. The minimum atomic E-state index is -0.714. The highest BCUT2D eigenvalue weighted by molar-refractivity contribution is 7.99. The van der Waals surface area contributed by atoms with Crippen LogP contribution in [0.4, 0.5) is 0 Å². The van der Waals surface area contributed by atoms with Gasteiger partial charge >= 0.3 is 5.69 Å². The second-order valence-electron chi connectivity index (χ2n) is 4.00. The van der Waals surface area contributed by atoms with E-state index in [1.165, 1.54) is 12.4 Å². The van der Waals surface area contributed by atoms with Crippen LogP contribution in [0.1, 0.15) is 5.56 Å². The SMILES string of the molecule is NSOc1ccc(/C=N/NC(=O)CSc2n[nH]c(=O)[nH]c2=O)cn1. The van der Waals surface area contributed by atoms with Crippen LogP contribution in [0, 0.1) is 0 Å². The molecule has 0 aliphatic carbocycles. The highest BCUT2D eigenvalue weighted by Crippen LogP contribution is 2.09. The number of carbonyl (C=O) groups excluding carboxylic acids is 1. The summed E-state index contributed by atoms with van der Waals surface area (Å²) in [6, 6.07) is 3.26. The van der Waals surface area contributed by atoms with Crippen molar-refractivity contribution < 1.29 is 8.98 Å². The number of hydrogen-bond donors (Lipinski definition) is 4. The van der Waals surface area contributed by atoms with Crippen molar-refractivity contribution in [3.8, 4) is 5.88 Å². The number of nitrogens with two attached hydrogens (primary N) is 1. The van der Waals surface area contributed by atoms with E-state index in [9.17, 15) is 14.4 Å². The van der Waals surface area contributed by atoms with Crippen LogP contribution in [0.3, 0.4) is 0 Å². The predicted molar refractivity (Wildman–Crippen MR) is 88.6 cm³/mol. The number of aromatic nitrogens is 4. The summed E-state index contributed by atoms with van der Waals surface area (Å²) in [5.74, 6) is -0.201. The molecular weight excluding hydrogens is 358 g/mol. The lowest BCUT2D eigenvalue weighted by molar-refractivity contribution is -0.118. The molecule has 0 aromatic carbocycles. The van der Waals surface area contributed by atoms with Crippen LogP contribution in [-0.4, -0.2) is 38.0 Å². The molecule has 0 unspecified atom stereocenters. The van der Waals surface area contributed by atoms with Crippen molar-refractivity contribution in [3.63, 3.8) is 0 Å². The van der Waals surface area contributed by atoms with Crippen LogP contribution in [-0.2, 0) is 4.79 Å². The maximum atomic E-state index is 11.6. The summed E-state index contributed by atoms with van der Waals surface area (Å²) in [5.41, 5.74) is 1.54. The quantitative estimate of drug-likeness (QED) is 0.157. The molecule has 0 spiro atoms. The standard InChI is InChI=1S/C11H11N7O4S2/c12-24-22-8-2-1-6(3-13-8)4-14-16-7(19)5-23-10-9(20)15-11(21)18-17-10/h1-4H,5,12H2,(H,16,19)(H2,15,18,20,21)/b14-4+. The zero-order valence-electron chi connectivity index (χ0n) is 11.9. The molecule has 24 heavy (non-hydrogen) atoms. The molecule has 11 nitrogen and oxygen atoms in total. The van der Waals surface area contributed by atoms with Crippen molar-refractivity contribution in [1.82, 2.24) is 25.6 Å². The molecule has 0 radical (unpaired) electrons. The van der Waals surface area contributed by atoms with Gasteiger partial charge in [-0.3, -0.25) is 14.6 Å². The van der Waals surface area contributed by atoms with Crippen molar-refractivity contribution >= 4 is 36.1 Å². The van der Waals surface area contributed by atoms with Crippen LogP contribution < -0.4 is 26.0 Å². The summed E-state index contributed by atoms with van der Waals surface area (Å²) in [5, 5.41) is 14.5. The summed E-state index contributed by atoms with van der Waals surface area (Å²) in [7, 11) is 0. The molecule has 0 aliphatic heterocycles. The number of amides is 1. The predicted octanol–water partition coefficient (Wildman–Crippen LogP) is -1.00. The number of rotatable bonds is 7. The van der Waals surface area contributed by atoms with Crippen molar-refractivity contribution in [3.05, 3.63) is 44.7 Å². The van der Waals surface area contributed by atoms with E-state index >= 15 is 0 Å². The topological polar surface area (TPSA) is 168 Å². The summed E-state index contributed by atoms with van der Waals surface area (Å²) in [6.07, 6.45) is 2.87. The minimum absolute atomic E-state index is 0.0220. The maximum absolute atomic E-state index is 11.6. The molecule has 0 saturated heterocycles. The normalized spacial score (nSPS) is 10.7. The first-order valence-corrected chi connectivity index (χ1v) is 8.00. The summed E-state index contributed by atoms with van der Waals surface area (Å²) in [4.78, 5) is 39.8. The zero-order chi connectivity index (χ0) is 17.4. The Kier molecular flexibility index (Phi) is 6.53. The third kappa shape index (κ3) is 5.53. The Labute approximate surface area is 142 Å². The summed E-state index contributed by atoms with van der Waals surface area (Å²) >= 11 is 1.55. The van der Waals surface area contributed by atoms with Gasteiger partial charge in [0.15, 0.2) is 5.03 Å². The Hall–Kier alpha value is -2.64. The van der Waals surface area contributed by atoms with E-state index in [4.69, 9.17) is 9.32 Å². The number of nitrogens with zero attached hydrogens (tertiary/aromatic N) is 3. The fourth-order valence-corrected chi connectivity index (χ4v) is 2.17. The second-order valence-corrected chi connectivity index (χ2v) is 5.33. The lowest BCUT2D eigenvalue weighted by Crippen LogP contribution is -2.26. The van der Waals surface area contributed by atoms with E-state index in [0.717, 1.165) is 11.8 Å². The number of thioether (sulfide) groups is 1. The second kappa shape index (κ2) is 8.85. The first kappa shape index (κ1) is 17.7. The molecule has 0 atom stereocenters. The number of H-pyrrole nitrogens is 2. The van der Waals surface area contributed by atoms with Gasteiger partial charge in [-0.15, -0.1) is 0 Å². The Morgan fingerprint density at radius 2 is 2.29 bits per heavy atom. The van der Waals surface area contributed by atoms with Crippen LogP contribution in [0.15, 0.2) is 38.0 Å². The molecule has 0 saturated carbocycles. The van der Waals surface area contributed by atoms with Crippen LogP contribution in [0.2, 0.25) is 0 Å². The number of hydrogen-bond acceptors (Lipinski definition) is 10. The van der Waals surface area contributed by atoms with Crippen molar-refractivity contribution in [2.75, 3.05) is 5.75 Å². The highest BCUT2D eigenvalue weighted by Gasteiger charge is 2.07. The lowest BCUT2D eigenvalue weighted by Gasteiger charge is -2.00. The van der Waals surface area contributed by atoms with E-state index in [-0.39, 0.29) is 10.8 Å². The van der Waals surface area contributed by atoms with Crippen LogP contribution in [0.5, 0.6) is 5.88 Å². The zero-order valence-corrected chi connectivity index (χ0v) is 13.5. The number of carbonyl (C=O) groups is 1. The maximum Gasteiger partial charge on any atom is 0.342 e. The van der Waals surface area contributed by atoms with Crippen LogP contribution in [0.25, 0.3) is 0 Å². The van der Waals surface area contributed by atoms with E-state index < -0.39 is 17.2 Å². The average Bonchev–Trinajstić information content (AvgIpc) is 2.56. The molecule has 0 aliphatic rings. The molecule has 5 N–H and O–H groups in total. The molecule has 0 bridgehead atoms. The molecule has 0 fully saturated rings. The Morgan fingerprint density at radius 3 is 2.96 bits per heavy atom.